The molecule has 0 aromatic heterocycles. The number of allylic oxidation sites excluding steroid dienone is 1. The Morgan fingerprint density at radius 3 is 2.00 bits per heavy atom. The number of amides is 1. The highest BCUT2D eigenvalue weighted by atomic mass is 16.1. The summed E-state index contributed by atoms with van der Waals surface area (Å²) in [4.78, 5) is 11.9. The molecule has 1 saturated carbocycles. The maximum atomic E-state index is 11.9. The number of carbonyl (C=O) groups excluding carboxylic acids is 1. The molecule has 98 valence electrons. The highest BCUT2D eigenvalue weighted by Crippen LogP contribution is 2.29. The molecule has 0 aromatic rings. The Kier molecular flexibility index (Phi) is 5.23. The van der Waals surface area contributed by atoms with Crippen molar-refractivity contribution < 1.29 is 4.79 Å². The topological polar surface area (TPSA) is 29.1 Å². The van der Waals surface area contributed by atoms with E-state index in [0.29, 0.717) is 6.04 Å². The van der Waals surface area contributed by atoms with Crippen molar-refractivity contribution in [3.63, 3.8) is 0 Å². The van der Waals surface area contributed by atoms with Crippen molar-refractivity contribution in [2.45, 2.75) is 66.3 Å². The molecule has 0 saturated heterocycles. The van der Waals surface area contributed by atoms with E-state index >= 15 is 0 Å². The summed E-state index contributed by atoms with van der Waals surface area (Å²) >= 11 is 0. The maximum absolute atomic E-state index is 11.9. The molecule has 17 heavy (non-hydrogen) atoms. The average Bonchev–Trinajstić information content (AvgIpc) is 2.28. The Morgan fingerprint density at radius 1 is 1.06 bits per heavy atom. The van der Waals surface area contributed by atoms with Gasteiger partial charge in [-0.3, -0.25) is 4.79 Å². The van der Waals surface area contributed by atoms with E-state index in [1.54, 1.807) is 0 Å². The van der Waals surface area contributed by atoms with Gasteiger partial charge in [0.15, 0.2) is 0 Å². The fourth-order valence-corrected chi connectivity index (χ4v) is 2.45. The number of hydrogen-bond acceptors (Lipinski definition) is 1. The molecule has 0 bridgehead atoms. The second-order valence-corrected chi connectivity index (χ2v) is 5.95. The van der Waals surface area contributed by atoms with Gasteiger partial charge in [-0.15, -0.1) is 0 Å². The van der Waals surface area contributed by atoms with E-state index in [-0.39, 0.29) is 5.91 Å². The smallest absolute Gasteiger partial charge is 0.247 e. The van der Waals surface area contributed by atoms with Crippen LogP contribution in [0.3, 0.4) is 0 Å². The standard InChI is InChI=1S/C15H27NO/c1-10(2)12(5)15(17)16-14-8-6-13(7-9-14)11(3)4/h11,13-14H,6-9H2,1-5H3,(H,16,17). The van der Waals surface area contributed by atoms with Gasteiger partial charge < -0.3 is 5.32 Å². The van der Waals surface area contributed by atoms with E-state index < -0.39 is 0 Å². The van der Waals surface area contributed by atoms with Gasteiger partial charge in [0.25, 0.3) is 0 Å². The second-order valence-electron chi connectivity index (χ2n) is 5.95. The molecule has 0 aromatic carbocycles. The van der Waals surface area contributed by atoms with E-state index in [1.807, 2.05) is 20.8 Å². The molecule has 0 unspecified atom stereocenters. The van der Waals surface area contributed by atoms with Crippen LogP contribution in [0.4, 0.5) is 0 Å². The molecule has 2 nitrogen and oxygen atoms in total. The molecule has 1 fully saturated rings. The lowest BCUT2D eigenvalue weighted by Gasteiger charge is -2.31. The lowest BCUT2D eigenvalue weighted by molar-refractivity contribution is -0.118. The van der Waals surface area contributed by atoms with Crippen LogP contribution in [0.2, 0.25) is 0 Å². The average molecular weight is 237 g/mol. The zero-order valence-electron chi connectivity index (χ0n) is 12.0. The number of rotatable bonds is 3. The summed E-state index contributed by atoms with van der Waals surface area (Å²) in [6, 6.07) is 0.395. The summed E-state index contributed by atoms with van der Waals surface area (Å²) < 4.78 is 0. The van der Waals surface area contributed by atoms with Gasteiger partial charge in [0.2, 0.25) is 5.91 Å². The van der Waals surface area contributed by atoms with Crippen molar-refractivity contribution in [2.75, 3.05) is 0 Å². The Bertz CT molecular complexity index is 292. The highest BCUT2D eigenvalue weighted by molar-refractivity contribution is 5.93. The molecule has 0 heterocycles. The third-order valence-electron chi connectivity index (χ3n) is 4.14. The quantitative estimate of drug-likeness (QED) is 0.745. The molecule has 0 aliphatic heterocycles. The van der Waals surface area contributed by atoms with Crippen molar-refractivity contribution in [1.29, 1.82) is 0 Å². The van der Waals surface area contributed by atoms with Gasteiger partial charge in [0.1, 0.15) is 0 Å². The fourth-order valence-electron chi connectivity index (χ4n) is 2.45. The molecule has 0 spiro atoms. The van der Waals surface area contributed by atoms with E-state index in [0.717, 1.165) is 35.8 Å². The van der Waals surface area contributed by atoms with Crippen LogP contribution in [-0.2, 0) is 4.79 Å². The number of nitrogens with one attached hydrogen (secondary N) is 1. The molecular weight excluding hydrogens is 210 g/mol. The zero-order chi connectivity index (χ0) is 13.0. The van der Waals surface area contributed by atoms with Gasteiger partial charge >= 0.3 is 0 Å². The fraction of sp³-hybridized carbons (Fsp3) is 0.800. The molecular formula is C15H27NO. The Hall–Kier alpha value is -0.790. The highest BCUT2D eigenvalue weighted by Gasteiger charge is 2.24. The van der Waals surface area contributed by atoms with Gasteiger partial charge in [-0.25, -0.2) is 0 Å². The summed E-state index contributed by atoms with van der Waals surface area (Å²) in [5.74, 6) is 1.76. The molecule has 1 aliphatic carbocycles. The van der Waals surface area contributed by atoms with Crippen molar-refractivity contribution >= 4 is 5.91 Å². The van der Waals surface area contributed by atoms with E-state index in [9.17, 15) is 4.79 Å². The first-order chi connectivity index (χ1) is 7.91. The first kappa shape index (κ1) is 14.3. The lowest BCUT2D eigenvalue weighted by atomic mass is 9.79. The van der Waals surface area contributed by atoms with Gasteiger partial charge in [-0.05, 0) is 58.3 Å². The third-order valence-corrected chi connectivity index (χ3v) is 4.14. The minimum atomic E-state index is 0.123. The molecule has 1 N–H and O–H groups in total. The van der Waals surface area contributed by atoms with E-state index in [2.05, 4.69) is 19.2 Å². The Balaban J connectivity index is 2.41. The van der Waals surface area contributed by atoms with Gasteiger partial charge in [0, 0.05) is 11.6 Å². The van der Waals surface area contributed by atoms with Crippen LogP contribution in [0.1, 0.15) is 60.3 Å². The first-order valence-electron chi connectivity index (χ1n) is 6.86. The summed E-state index contributed by atoms with van der Waals surface area (Å²) in [6.07, 6.45) is 4.81. The summed E-state index contributed by atoms with van der Waals surface area (Å²) in [5.41, 5.74) is 1.98. The van der Waals surface area contributed by atoms with Crippen LogP contribution < -0.4 is 5.32 Å². The molecule has 0 radical (unpaired) electrons. The predicted octanol–water partition coefficient (Wildman–Crippen LogP) is 3.67. The summed E-state index contributed by atoms with van der Waals surface area (Å²) in [5, 5.41) is 3.16. The predicted molar refractivity (Wildman–Crippen MR) is 72.8 cm³/mol. The van der Waals surface area contributed by atoms with Crippen LogP contribution in [0.15, 0.2) is 11.1 Å². The second kappa shape index (κ2) is 6.23. The molecule has 1 rings (SSSR count). The Labute approximate surface area is 106 Å². The largest absolute Gasteiger partial charge is 0.350 e. The van der Waals surface area contributed by atoms with Crippen LogP contribution in [0.5, 0.6) is 0 Å². The molecule has 1 amide bonds. The normalized spacial score (nSPS) is 24.6. The Morgan fingerprint density at radius 2 is 1.59 bits per heavy atom. The molecule has 1 aliphatic rings. The zero-order valence-corrected chi connectivity index (χ0v) is 12.0. The van der Waals surface area contributed by atoms with Crippen molar-refractivity contribution in [3.05, 3.63) is 11.1 Å². The van der Waals surface area contributed by atoms with Gasteiger partial charge in [-0.1, -0.05) is 19.4 Å². The van der Waals surface area contributed by atoms with Crippen LogP contribution in [0, 0.1) is 11.8 Å². The molecule has 0 atom stereocenters. The maximum Gasteiger partial charge on any atom is 0.247 e. The minimum absolute atomic E-state index is 0.123. The molecule has 2 heteroatoms. The van der Waals surface area contributed by atoms with Crippen molar-refractivity contribution in [3.8, 4) is 0 Å². The van der Waals surface area contributed by atoms with Crippen molar-refractivity contribution in [2.24, 2.45) is 11.8 Å². The summed E-state index contributed by atoms with van der Waals surface area (Å²) in [6.45, 7) is 10.5. The minimum Gasteiger partial charge on any atom is -0.350 e. The van der Waals surface area contributed by atoms with Crippen LogP contribution in [0.25, 0.3) is 0 Å². The summed E-state index contributed by atoms with van der Waals surface area (Å²) in [7, 11) is 0. The van der Waals surface area contributed by atoms with Gasteiger partial charge in [0.05, 0.1) is 0 Å². The monoisotopic (exact) mass is 237 g/mol. The van der Waals surface area contributed by atoms with E-state index in [4.69, 9.17) is 0 Å². The number of hydrogen-bond donors (Lipinski definition) is 1. The number of carbonyl (C=O) groups is 1. The SMILES string of the molecule is CC(C)=C(C)C(=O)NC1CCC(C(C)C)CC1. The van der Waals surface area contributed by atoms with Crippen LogP contribution in [-0.4, -0.2) is 11.9 Å². The third kappa shape index (κ3) is 4.18. The van der Waals surface area contributed by atoms with Crippen LogP contribution >= 0.6 is 0 Å². The van der Waals surface area contributed by atoms with E-state index in [1.165, 1.54) is 12.8 Å². The first-order valence-corrected chi connectivity index (χ1v) is 6.86. The van der Waals surface area contributed by atoms with Gasteiger partial charge in [-0.2, -0.15) is 0 Å². The lowest BCUT2D eigenvalue weighted by Crippen LogP contribution is -2.38. The van der Waals surface area contributed by atoms with Crippen molar-refractivity contribution in [1.82, 2.24) is 5.32 Å².